The molecule has 4 aliphatic rings. The van der Waals surface area contributed by atoms with Crippen molar-refractivity contribution in [1.82, 2.24) is 19.9 Å². The summed E-state index contributed by atoms with van der Waals surface area (Å²) in [5.41, 5.74) is 19.4. The van der Waals surface area contributed by atoms with Crippen LogP contribution in [0.15, 0.2) is 219 Å². The molecule has 0 spiro atoms. The largest absolute Gasteiger partial charge is 0.256 e. The Morgan fingerprint density at radius 3 is 1.15 bits per heavy atom. The number of fused-ring (bicyclic) bond motifs is 12. The second-order valence-corrected chi connectivity index (χ2v) is 43.5. The molecule has 8 heterocycles. The summed E-state index contributed by atoms with van der Waals surface area (Å²) in [7, 11) is -8.43. The molecular weight excluding hydrogens is 1250 g/mol. The quantitative estimate of drug-likeness (QED) is 0.130. The van der Waals surface area contributed by atoms with E-state index in [-0.39, 0.29) is 22.9 Å². The monoisotopic (exact) mass is 1320 g/mol. The third kappa shape index (κ3) is 10.5. The minimum atomic E-state index is -2.26. The third-order valence-corrected chi connectivity index (χ3v) is 33.5. The van der Waals surface area contributed by atoms with Crippen LogP contribution in [-0.4, -0.2) is 52.2 Å². The predicted molar refractivity (Wildman–Crippen MR) is 397 cm³/mol. The molecule has 0 bridgehead atoms. The SMILES string of the molecule is [C-]#[N+]c1c(F)ccc2c1[Si](C)(C)c1c(-c3ccccn3)cccc1-2.[C-]#[N+]c1cc2c(cc1F)-c1cccc(-c3ccccn3)c1[Si]2(C)C.[C-]#[N+]c1ccc2c(c1F)[Si](C)(C)c1c(-c3ccccn3)cccc1-2.[C-]#[N+]c1cccc2c1[Si](C)(C)c1c(-c3ccc(C)cn3)cccc1-2. The van der Waals surface area contributed by atoms with Crippen LogP contribution in [-0.2, 0) is 0 Å². The lowest BCUT2D eigenvalue weighted by Gasteiger charge is -2.23. The number of pyridine rings is 4. The van der Waals surface area contributed by atoms with Crippen molar-refractivity contribution in [3.63, 3.8) is 0 Å². The summed E-state index contributed by atoms with van der Waals surface area (Å²) in [5.74, 6) is -1.21. The zero-order valence-electron chi connectivity index (χ0n) is 54.5. The number of rotatable bonds is 4. The first-order chi connectivity index (χ1) is 46.2. The van der Waals surface area contributed by atoms with Crippen molar-refractivity contribution in [2.24, 2.45) is 0 Å². The third-order valence-electron chi connectivity index (χ3n) is 19.3. The van der Waals surface area contributed by atoms with Crippen molar-refractivity contribution in [3.05, 3.63) is 288 Å². The van der Waals surface area contributed by atoms with Crippen molar-refractivity contribution in [3.8, 4) is 89.5 Å². The molecule has 4 aromatic heterocycles. The van der Waals surface area contributed by atoms with Gasteiger partial charge >= 0.3 is 0 Å². The van der Waals surface area contributed by atoms with Gasteiger partial charge in [-0.1, -0.05) is 197 Å². The van der Waals surface area contributed by atoms with Gasteiger partial charge in [0.05, 0.1) is 49.1 Å². The Balaban J connectivity index is 0.000000116. The van der Waals surface area contributed by atoms with Crippen LogP contribution in [0.5, 0.6) is 0 Å². The lowest BCUT2D eigenvalue weighted by Crippen LogP contribution is -2.51. The van der Waals surface area contributed by atoms with Crippen LogP contribution in [0.4, 0.5) is 35.9 Å². The van der Waals surface area contributed by atoms with E-state index in [9.17, 15) is 13.2 Å². The normalized spacial score (nSPS) is 13.9. The van der Waals surface area contributed by atoms with E-state index in [1.807, 2.05) is 103 Å². The van der Waals surface area contributed by atoms with Crippen LogP contribution in [0.25, 0.3) is 109 Å². The predicted octanol–water partition coefficient (Wildman–Crippen LogP) is 17.1. The maximum atomic E-state index is 15.0. The molecule has 4 aliphatic heterocycles. The van der Waals surface area contributed by atoms with Gasteiger partial charge in [-0.2, -0.15) is 0 Å². The summed E-state index contributed by atoms with van der Waals surface area (Å²) in [6.45, 7) is 49.4. The van der Waals surface area contributed by atoms with Crippen molar-refractivity contribution in [1.29, 1.82) is 0 Å². The van der Waals surface area contributed by atoms with Gasteiger partial charge in [0.15, 0.2) is 5.69 Å². The average molecular weight is 1320 g/mol. The summed E-state index contributed by atoms with van der Waals surface area (Å²) in [4.78, 5) is 32.2. The fourth-order valence-electron chi connectivity index (χ4n) is 15.3. The number of hydrogen-bond donors (Lipinski definition) is 0. The van der Waals surface area contributed by atoms with E-state index in [1.165, 1.54) is 60.3 Å². The van der Waals surface area contributed by atoms with Gasteiger partial charge in [0, 0.05) is 47.0 Å². The molecule has 0 unspecified atom stereocenters. The number of benzene rings is 8. The molecule has 0 amide bonds. The number of hydrogen-bond acceptors (Lipinski definition) is 4. The first kappa shape index (κ1) is 63.7. The highest BCUT2D eigenvalue weighted by molar-refractivity contribution is 7.07. The van der Waals surface area contributed by atoms with E-state index in [2.05, 4.69) is 171 Å². The highest BCUT2D eigenvalue weighted by Gasteiger charge is 2.45. The summed E-state index contributed by atoms with van der Waals surface area (Å²) in [5, 5.41) is 9.20. The Morgan fingerprint density at radius 1 is 0.302 bits per heavy atom. The van der Waals surface area contributed by atoms with Crippen molar-refractivity contribution < 1.29 is 13.2 Å². The Hall–Kier alpha value is -11.0. The van der Waals surface area contributed by atoms with Crippen molar-refractivity contribution >= 4 is 96.5 Å². The van der Waals surface area contributed by atoms with Gasteiger partial charge in [0.25, 0.3) is 0 Å². The smallest absolute Gasteiger partial charge is 0.222 e. The first-order valence-corrected chi connectivity index (χ1v) is 43.5. The van der Waals surface area contributed by atoms with E-state index >= 15 is 0 Å². The van der Waals surface area contributed by atoms with Gasteiger partial charge in [-0.05, 0) is 148 Å². The van der Waals surface area contributed by atoms with Crippen LogP contribution in [0.2, 0.25) is 52.4 Å². The second kappa shape index (κ2) is 24.7. The maximum Gasteiger partial charge on any atom is 0.222 e. The molecule has 464 valence electrons. The molecular formula is C81H63F3N8Si4. The minimum Gasteiger partial charge on any atom is -0.256 e. The number of aromatic nitrogens is 4. The fourth-order valence-corrected chi connectivity index (χ4v) is 29.7. The molecule has 8 aromatic carbocycles. The van der Waals surface area contributed by atoms with Gasteiger partial charge in [-0.15, -0.1) is 0 Å². The topological polar surface area (TPSA) is 69.0 Å². The number of aryl methyl sites for hydroxylation is 1. The summed E-state index contributed by atoms with van der Waals surface area (Å²) in [6, 6.07) is 62.9. The zero-order valence-corrected chi connectivity index (χ0v) is 58.5. The van der Waals surface area contributed by atoms with Crippen LogP contribution in [0.1, 0.15) is 5.56 Å². The standard InChI is InChI=1S/C21H18N2Si.3C20H15FN2Si/c1-14-11-12-18(23-13-14)17-9-5-7-15-16-8-6-10-19(22-2)21(16)24(3,4)20(15)17;1-22-18-16(21)11-10-14-13-7-6-8-15(17-9-4-5-12-23-17)19(13)24(2,3)20(14)18;1-22-17-11-10-14-13-7-6-8-15(16-9-4-5-12-23-16)19(13)24(2,3)20(14)18(17)21;1-22-18-12-19-15(11-16(18)21)13-7-6-8-14(20(13)24(19,2)3)17-9-4-5-10-23-17/h5-13H,1,3-4H3;3*4-12H,2-3H3. The maximum absolute atomic E-state index is 15.0. The minimum absolute atomic E-state index is 0.113. The van der Waals surface area contributed by atoms with Crippen molar-refractivity contribution in [2.75, 3.05) is 0 Å². The highest BCUT2D eigenvalue weighted by atomic mass is 28.3. The molecule has 0 saturated heterocycles. The molecule has 8 nitrogen and oxygen atoms in total. The van der Waals surface area contributed by atoms with E-state index in [4.69, 9.17) is 26.3 Å². The van der Waals surface area contributed by atoms with E-state index in [0.29, 0.717) is 0 Å². The lowest BCUT2D eigenvalue weighted by atomic mass is 10.0. The Morgan fingerprint density at radius 2 is 0.698 bits per heavy atom. The highest BCUT2D eigenvalue weighted by Crippen LogP contribution is 2.41. The van der Waals surface area contributed by atoms with Gasteiger partial charge in [-0.3, -0.25) is 19.9 Å². The fraction of sp³-hybridized carbons (Fsp3) is 0.111. The molecule has 0 fully saturated rings. The van der Waals surface area contributed by atoms with Gasteiger partial charge < -0.3 is 0 Å². The molecule has 16 rings (SSSR count). The van der Waals surface area contributed by atoms with Crippen LogP contribution < -0.4 is 41.5 Å². The molecule has 0 aliphatic carbocycles. The molecule has 0 N–H and O–H groups in total. The molecule has 0 atom stereocenters. The van der Waals surface area contributed by atoms with Gasteiger partial charge in [0.1, 0.15) is 49.7 Å². The molecule has 0 saturated carbocycles. The molecule has 96 heavy (non-hydrogen) atoms. The van der Waals surface area contributed by atoms with Crippen LogP contribution in [0.3, 0.4) is 0 Å². The summed E-state index contributed by atoms with van der Waals surface area (Å²) >= 11 is 0. The zero-order chi connectivity index (χ0) is 67.6. The molecule has 0 radical (unpaired) electrons. The summed E-state index contributed by atoms with van der Waals surface area (Å²) in [6.07, 6.45) is 7.29. The Labute approximate surface area is 562 Å². The molecule has 12 aromatic rings. The van der Waals surface area contributed by atoms with E-state index in [1.54, 1.807) is 30.7 Å². The number of nitrogens with zero attached hydrogens (tertiary/aromatic N) is 8. The van der Waals surface area contributed by atoms with E-state index in [0.717, 1.165) is 94.1 Å². The summed E-state index contributed by atoms with van der Waals surface area (Å²) < 4.78 is 43.4. The lowest BCUT2D eigenvalue weighted by molar-refractivity contribution is 0.634. The van der Waals surface area contributed by atoms with Crippen LogP contribution >= 0.6 is 0 Å². The Kier molecular flexibility index (Phi) is 16.4. The Bertz CT molecular complexity index is 5320. The second-order valence-electron chi connectivity index (χ2n) is 26.4. The molecule has 15 heteroatoms. The van der Waals surface area contributed by atoms with Gasteiger partial charge in [-0.25, -0.2) is 32.6 Å². The average Bonchev–Trinajstić information content (AvgIpc) is 1.59. The number of halogens is 3. The van der Waals surface area contributed by atoms with Crippen molar-refractivity contribution in [2.45, 2.75) is 59.3 Å². The first-order valence-electron chi connectivity index (χ1n) is 31.5. The van der Waals surface area contributed by atoms with E-state index < -0.39 is 43.9 Å². The van der Waals surface area contributed by atoms with Crippen LogP contribution in [0, 0.1) is 50.7 Å². The van der Waals surface area contributed by atoms with Gasteiger partial charge in [0.2, 0.25) is 17.1 Å².